The maximum atomic E-state index is 11.6. The largest absolute Gasteiger partial charge is 0.352 e. The number of carbonyl (C=O) groups is 1. The summed E-state index contributed by atoms with van der Waals surface area (Å²) in [4.78, 5) is 25.3. The van der Waals surface area contributed by atoms with Crippen LogP contribution in [0.5, 0.6) is 0 Å². The summed E-state index contributed by atoms with van der Waals surface area (Å²) < 4.78 is 0. The molecule has 0 bridgehead atoms. The van der Waals surface area contributed by atoms with E-state index >= 15 is 0 Å². The van der Waals surface area contributed by atoms with E-state index in [1.807, 2.05) is 19.9 Å². The number of H-pyrrole nitrogens is 1. The van der Waals surface area contributed by atoms with Gasteiger partial charge in [0.2, 0.25) is 5.91 Å². The van der Waals surface area contributed by atoms with Gasteiger partial charge in [-0.25, -0.2) is 0 Å². The zero-order chi connectivity index (χ0) is 11.4. The highest BCUT2D eigenvalue weighted by atomic mass is 16.1. The molecule has 0 unspecified atom stereocenters. The second-order valence-electron chi connectivity index (χ2n) is 3.57. The van der Waals surface area contributed by atoms with E-state index in [-0.39, 0.29) is 11.5 Å². The Hall–Kier alpha value is -1.58. The van der Waals surface area contributed by atoms with Gasteiger partial charge in [0, 0.05) is 24.2 Å². The minimum atomic E-state index is -0.121. The summed E-state index contributed by atoms with van der Waals surface area (Å²) in [6, 6.07) is 1.90. The third-order valence-electron chi connectivity index (χ3n) is 2.28. The Morgan fingerprint density at radius 2 is 2.13 bits per heavy atom. The zero-order valence-corrected chi connectivity index (χ0v) is 9.31. The molecular weight excluding hydrogens is 192 g/mol. The molecule has 1 amide bonds. The topological polar surface area (TPSA) is 62.0 Å². The molecular formula is C11H16N2O2. The third-order valence-corrected chi connectivity index (χ3v) is 2.28. The number of nitrogens with one attached hydrogen (secondary N) is 2. The molecule has 82 valence electrons. The van der Waals surface area contributed by atoms with Gasteiger partial charge >= 0.3 is 0 Å². The van der Waals surface area contributed by atoms with E-state index < -0.39 is 0 Å². The van der Waals surface area contributed by atoms with Crippen molar-refractivity contribution in [3.63, 3.8) is 0 Å². The molecule has 4 heteroatoms. The van der Waals surface area contributed by atoms with Crippen LogP contribution in [0.3, 0.4) is 0 Å². The maximum Gasteiger partial charge on any atom is 0.253 e. The van der Waals surface area contributed by atoms with Crippen molar-refractivity contribution in [2.24, 2.45) is 0 Å². The number of pyridine rings is 1. The van der Waals surface area contributed by atoms with Crippen LogP contribution >= 0.6 is 0 Å². The average molecular weight is 208 g/mol. The minimum Gasteiger partial charge on any atom is -0.352 e. The Kier molecular flexibility index (Phi) is 3.66. The Morgan fingerprint density at radius 1 is 1.47 bits per heavy atom. The van der Waals surface area contributed by atoms with E-state index in [2.05, 4.69) is 10.3 Å². The SMILES string of the molecule is CCC(=O)NCc1c(C)cc(C)[nH]c1=O. The monoisotopic (exact) mass is 208 g/mol. The van der Waals surface area contributed by atoms with E-state index in [0.29, 0.717) is 18.5 Å². The van der Waals surface area contributed by atoms with Gasteiger partial charge in [-0.05, 0) is 25.5 Å². The molecule has 0 atom stereocenters. The Bertz CT molecular complexity index is 421. The summed E-state index contributed by atoms with van der Waals surface area (Å²) in [5, 5.41) is 2.69. The highest BCUT2D eigenvalue weighted by Crippen LogP contribution is 2.02. The average Bonchev–Trinajstić information content (AvgIpc) is 2.15. The maximum absolute atomic E-state index is 11.6. The predicted octanol–water partition coefficient (Wildman–Crippen LogP) is 1.02. The lowest BCUT2D eigenvalue weighted by atomic mass is 10.1. The fourth-order valence-electron chi connectivity index (χ4n) is 1.41. The fourth-order valence-corrected chi connectivity index (χ4v) is 1.41. The van der Waals surface area contributed by atoms with E-state index in [1.54, 1.807) is 6.92 Å². The highest BCUT2D eigenvalue weighted by Gasteiger charge is 2.05. The smallest absolute Gasteiger partial charge is 0.253 e. The third kappa shape index (κ3) is 2.94. The van der Waals surface area contributed by atoms with Crippen LogP contribution in [0, 0.1) is 13.8 Å². The van der Waals surface area contributed by atoms with Crippen molar-refractivity contribution in [2.75, 3.05) is 0 Å². The van der Waals surface area contributed by atoms with Crippen LogP contribution in [-0.4, -0.2) is 10.9 Å². The van der Waals surface area contributed by atoms with Crippen LogP contribution in [0.2, 0.25) is 0 Å². The summed E-state index contributed by atoms with van der Waals surface area (Å²) in [6.45, 7) is 5.79. The van der Waals surface area contributed by atoms with Gasteiger partial charge in [-0.3, -0.25) is 9.59 Å². The van der Waals surface area contributed by atoms with Crippen LogP contribution < -0.4 is 10.9 Å². The Labute approximate surface area is 88.7 Å². The number of rotatable bonds is 3. The minimum absolute atomic E-state index is 0.0469. The first-order chi connectivity index (χ1) is 7.04. The molecule has 2 N–H and O–H groups in total. The summed E-state index contributed by atoms with van der Waals surface area (Å²) in [7, 11) is 0. The van der Waals surface area contributed by atoms with Crippen LogP contribution in [0.25, 0.3) is 0 Å². The molecule has 0 saturated heterocycles. The van der Waals surface area contributed by atoms with Gasteiger partial charge in [0.1, 0.15) is 0 Å². The van der Waals surface area contributed by atoms with Gasteiger partial charge in [0.25, 0.3) is 5.56 Å². The number of aromatic nitrogens is 1. The number of aromatic amines is 1. The Morgan fingerprint density at radius 3 is 2.67 bits per heavy atom. The van der Waals surface area contributed by atoms with Crippen LogP contribution in [-0.2, 0) is 11.3 Å². The first-order valence-corrected chi connectivity index (χ1v) is 5.00. The quantitative estimate of drug-likeness (QED) is 0.779. The molecule has 0 aromatic carbocycles. The van der Waals surface area contributed by atoms with Gasteiger partial charge in [0.05, 0.1) is 0 Å². The molecule has 15 heavy (non-hydrogen) atoms. The highest BCUT2D eigenvalue weighted by molar-refractivity contribution is 5.75. The number of carbonyl (C=O) groups excluding carboxylic acids is 1. The standard InChI is InChI=1S/C11H16N2O2/c1-4-10(14)12-6-9-7(2)5-8(3)13-11(9)15/h5H,4,6H2,1-3H3,(H,12,14)(H,13,15). The molecule has 1 rings (SSSR count). The zero-order valence-electron chi connectivity index (χ0n) is 9.31. The molecule has 1 aromatic heterocycles. The lowest BCUT2D eigenvalue weighted by molar-refractivity contribution is -0.120. The van der Waals surface area contributed by atoms with Crippen molar-refractivity contribution in [1.82, 2.24) is 10.3 Å². The summed E-state index contributed by atoms with van der Waals surface area (Å²) in [5.74, 6) is -0.0469. The van der Waals surface area contributed by atoms with Crippen LogP contribution in [0.15, 0.2) is 10.9 Å². The summed E-state index contributed by atoms with van der Waals surface area (Å²) >= 11 is 0. The van der Waals surface area contributed by atoms with Crippen molar-refractivity contribution in [3.05, 3.63) is 33.2 Å². The number of hydrogen-bond donors (Lipinski definition) is 2. The van der Waals surface area contributed by atoms with Crippen molar-refractivity contribution >= 4 is 5.91 Å². The van der Waals surface area contributed by atoms with Crippen LogP contribution in [0.1, 0.15) is 30.2 Å². The van der Waals surface area contributed by atoms with Gasteiger partial charge < -0.3 is 10.3 Å². The van der Waals surface area contributed by atoms with Gasteiger partial charge in [-0.2, -0.15) is 0 Å². The molecule has 4 nitrogen and oxygen atoms in total. The van der Waals surface area contributed by atoms with Crippen LogP contribution in [0.4, 0.5) is 0 Å². The van der Waals surface area contributed by atoms with Crippen molar-refractivity contribution in [3.8, 4) is 0 Å². The molecule has 1 aromatic rings. The first-order valence-electron chi connectivity index (χ1n) is 5.00. The van der Waals surface area contributed by atoms with Crippen molar-refractivity contribution in [2.45, 2.75) is 33.7 Å². The molecule has 0 spiro atoms. The lowest BCUT2D eigenvalue weighted by Gasteiger charge is -2.06. The molecule has 0 saturated carbocycles. The molecule has 0 aliphatic heterocycles. The number of aryl methyl sites for hydroxylation is 2. The van der Waals surface area contributed by atoms with E-state index in [0.717, 1.165) is 11.3 Å². The number of amides is 1. The fraction of sp³-hybridized carbons (Fsp3) is 0.455. The lowest BCUT2D eigenvalue weighted by Crippen LogP contribution is -2.27. The molecule has 0 aliphatic rings. The van der Waals surface area contributed by atoms with E-state index in [4.69, 9.17) is 0 Å². The molecule has 0 radical (unpaired) electrons. The molecule has 1 heterocycles. The Balaban J connectivity index is 2.86. The summed E-state index contributed by atoms with van der Waals surface area (Å²) in [5.41, 5.74) is 2.25. The van der Waals surface area contributed by atoms with Gasteiger partial charge in [-0.1, -0.05) is 6.92 Å². The van der Waals surface area contributed by atoms with Gasteiger partial charge in [-0.15, -0.1) is 0 Å². The second kappa shape index (κ2) is 4.77. The van der Waals surface area contributed by atoms with Crippen molar-refractivity contribution < 1.29 is 4.79 Å². The first kappa shape index (κ1) is 11.5. The second-order valence-corrected chi connectivity index (χ2v) is 3.57. The van der Waals surface area contributed by atoms with E-state index in [9.17, 15) is 9.59 Å². The van der Waals surface area contributed by atoms with Crippen molar-refractivity contribution in [1.29, 1.82) is 0 Å². The predicted molar refractivity (Wildman–Crippen MR) is 58.7 cm³/mol. The summed E-state index contributed by atoms with van der Waals surface area (Å²) in [6.07, 6.45) is 0.433. The molecule has 0 fully saturated rings. The van der Waals surface area contributed by atoms with Gasteiger partial charge in [0.15, 0.2) is 0 Å². The van der Waals surface area contributed by atoms with E-state index in [1.165, 1.54) is 0 Å². The number of hydrogen-bond acceptors (Lipinski definition) is 2. The normalized spacial score (nSPS) is 10.1. The molecule has 0 aliphatic carbocycles.